The summed E-state index contributed by atoms with van der Waals surface area (Å²) in [4.78, 5) is 0. The molecule has 0 aromatic rings. The van der Waals surface area contributed by atoms with Crippen LogP contribution in [-0.2, 0) is 0 Å². The standard InChI is InChI=1S/C4H10IN.C3H4O/c1-2-3-4-6-5;1-2-3-4/h6H,2-4H2,1H3;4H,1H3. The van der Waals surface area contributed by atoms with Gasteiger partial charge in [0.15, 0.2) is 0 Å². The molecule has 10 heavy (non-hydrogen) atoms. The smallest absolute Gasteiger partial charge is 0.107 e. The molecular weight excluding hydrogens is 241 g/mol. The van der Waals surface area contributed by atoms with Crippen LogP contribution in [0, 0.1) is 12.0 Å². The molecule has 0 aliphatic rings. The molecule has 60 valence electrons. The zero-order valence-electron chi connectivity index (χ0n) is 6.45. The van der Waals surface area contributed by atoms with Gasteiger partial charge in [-0.2, -0.15) is 0 Å². The molecule has 0 radical (unpaired) electrons. The summed E-state index contributed by atoms with van der Waals surface area (Å²) >= 11 is 2.16. The summed E-state index contributed by atoms with van der Waals surface area (Å²) < 4.78 is 3.04. The fraction of sp³-hybridized carbons (Fsp3) is 0.714. The van der Waals surface area contributed by atoms with Gasteiger partial charge in [-0.05, 0) is 6.42 Å². The van der Waals surface area contributed by atoms with Crippen molar-refractivity contribution < 1.29 is 5.11 Å². The number of unbranched alkanes of at least 4 members (excludes halogenated alkanes) is 1. The molecule has 0 saturated heterocycles. The van der Waals surface area contributed by atoms with Crippen LogP contribution in [0.15, 0.2) is 0 Å². The number of nitrogens with one attached hydrogen (secondary N) is 1. The van der Waals surface area contributed by atoms with Gasteiger partial charge >= 0.3 is 0 Å². The van der Waals surface area contributed by atoms with Crippen LogP contribution in [0.3, 0.4) is 0 Å². The highest BCUT2D eigenvalue weighted by Crippen LogP contribution is 1.82. The van der Waals surface area contributed by atoms with Crippen molar-refractivity contribution in [3.05, 3.63) is 0 Å². The number of aliphatic hydroxyl groups is 1. The van der Waals surface area contributed by atoms with E-state index in [0.717, 1.165) is 6.54 Å². The lowest BCUT2D eigenvalue weighted by Gasteiger charge is -1.87. The summed E-state index contributed by atoms with van der Waals surface area (Å²) in [7, 11) is 0. The van der Waals surface area contributed by atoms with Crippen LogP contribution in [0.1, 0.15) is 26.7 Å². The second-order valence-corrected chi connectivity index (χ2v) is 2.36. The van der Waals surface area contributed by atoms with Gasteiger partial charge < -0.3 is 5.11 Å². The van der Waals surface area contributed by atoms with Gasteiger partial charge in [0.05, 0.1) is 0 Å². The summed E-state index contributed by atoms with van der Waals surface area (Å²) in [5.41, 5.74) is 0. The Kier molecular flexibility index (Phi) is 20.4. The molecule has 0 aromatic carbocycles. The molecule has 0 unspecified atom stereocenters. The van der Waals surface area contributed by atoms with Crippen LogP contribution in [-0.4, -0.2) is 11.7 Å². The minimum atomic E-state index is 1.15. The second kappa shape index (κ2) is 16.0. The Morgan fingerprint density at radius 3 is 2.20 bits per heavy atom. The molecule has 2 N–H and O–H groups in total. The van der Waals surface area contributed by atoms with Gasteiger partial charge in [0.25, 0.3) is 0 Å². The Balaban J connectivity index is 0. The first-order valence-electron chi connectivity index (χ1n) is 3.22. The minimum absolute atomic E-state index is 1.15. The van der Waals surface area contributed by atoms with Crippen molar-refractivity contribution in [3.8, 4) is 12.0 Å². The Hall–Kier alpha value is 0.0500. The van der Waals surface area contributed by atoms with Crippen molar-refractivity contribution in [3.63, 3.8) is 0 Å². The third kappa shape index (κ3) is 24.4. The molecule has 0 saturated carbocycles. The molecule has 2 nitrogen and oxygen atoms in total. The van der Waals surface area contributed by atoms with Crippen LogP contribution in [0.5, 0.6) is 0 Å². The zero-order chi connectivity index (χ0) is 8.24. The number of rotatable bonds is 3. The van der Waals surface area contributed by atoms with Crippen molar-refractivity contribution in [1.82, 2.24) is 3.53 Å². The number of hydrogen-bond acceptors (Lipinski definition) is 2. The van der Waals surface area contributed by atoms with Gasteiger partial charge in [0, 0.05) is 36.3 Å². The fourth-order valence-electron chi connectivity index (χ4n) is 0.244. The highest BCUT2D eigenvalue weighted by Gasteiger charge is 1.74. The lowest BCUT2D eigenvalue weighted by molar-refractivity contribution is 0.517. The van der Waals surface area contributed by atoms with E-state index in [1.54, 1.807) is 13.0 Å². The number of hydrogen-bond donors (Lipinski definition) is 2. The van der Waals surface area contributed by atoms with Crippen molar-refractivity contribution in [2.24, 2.45) is 0 Å². The summed E-state index contributed by atoms with van der Waals surface area (Å²) in [6.07, 6.45) is 4.26. The van der Waals surface area contributed by atoms with Crippen LogP contribution in [0.25, 0.3) is 0 Å². The van der Waals surface area contributed by atoms with Crippen molar-refractivity contribution in [2.75, 3.05) is 6.54 Å². The van der Waals surface area contributed by atoms with Crippen molar-refractivity contribution in [2.45, 2.75) is 26.7 Å². The van der Waals surface area contributed by atoms with E-state index >= 15 is 0 Å². The van der Waals surface area contributed by atoms with Crippen LogP contribution in [0.2, 0.25) is 0 Å². The molecule has 0 bridgehead atoms. The maximum absolute atomic E-state index is 7.51. The van der Waals surface area contributed by atoms with E-state index < -0.39 is 0 Å². The second-order valence-electron chi connectivity index (χ2n) is 1.60. The van der Waals surface area contributed by atoms with Gasteiger partial charge in [0.1, 0.15) is 6.11 Å². The maximum Gasteiger partial charge on any atom is 0.107 e. The highest BCUT2D eigenvalue weighted by molar-refractivity contribution is 14.1. The average Bonchev–Trinajstić information content (AvgIpc) is 2.01. The molecule has 3 heteroatoms. The van der Waals surface area contributed by atoms with E-state index in [1.807, 2.05) is 0 Å². The number of halogens is 1. The Morgan fingerprint density at radius 2 is 2.10 bits per heavy atom. The molecule has 0 atom stereocenters. The van der Waals surface area contributed by atoms with Gasteiger partial charge in [-0.1, -0.05) is 19.3 Å². The molecule has 0 fully saturated rings. The van der Waals surface area contributed by atoms with Crippen molar-refractivity contribution in [1.29, 1.82) is 0 Å². The summed E-state index contributed by atoms with van der Waals surface area (Å²) in [6.45, 7) is 4.91. The van der Waals surface area contributed by atoms with Gasteiger partial charge in [0.2, 0.25) is 0 Å². The lowest BCUT2D eigenvalue weighted by Crippen LogP contribution is -1.97. The predicted molar refractivity (Wildman–Crippen MR) is 52.3 cm³/mol. The third-order valence-electron chi connectivity index (χ3n) is 0.737. The van der Waals surface area contributed by atoms with Crippen molar-refractivity contribution >= 4 is 22.9 Å². The summed E-state index contributed by atoms with van der Waals surface area (Å²) in [6, 6.07) is 0. The molecule has 0 aliphatic carbocycles. The monoisotopic (exact) mass is 255 g/mol. The molecule has 0 spiro atoms. The molecule has 0 aromatic heterocycles. The van der Waals surface area contributed by atoms with E-state index in [4.69, 9.17) is 5.11 Å². The molecule has 0 rings (SSSR count). The van der Waals surface area contributed by atoms with Gasteiger partial charge in [-0.25, -0.2) is 0 Å². The quantitative estimate of drug-likeness (QED) is 0.350. The Labute approximate surface area is 76.9 Å². The van der Waals surface area contributed by atoms with E-state index in [2.05, 4.69) is 39.2 Å². The van der Waals surface area contributed by atoms with Gasteiger partial charge in [-0.15, -0.1) is 0 Å². The molecule has 0 heterocycles. The highest BCUT2D eigenvalue weighted by atomic mass is 127. The van der Waals surface area contributed by atoms with Crippen LogP contribution in [0.4, 0.5) is 0 Å². The topological polar surface area (TPSA) is 32.3 Å². The summed E-state index contributed by atoms with van der Waals surface area (Å²) in [5, 5.41) is 7.51. The normalized spacial score (nSPS) is 6.70. The summed E-state index contributed by atoms with van der Waals surface area (Å²) in [5.74, 6) is 2.24. The Bertz CT molecular complexity index is 85.5. The van der Waals surface area contributed by atoms with E-state index in [9.17, 15) is 0 Å². The lowest BCUT2D eigenvalue weighted by atomic mass is 10.3. The van der Waals surface area contributed by atoms with E-state index in [1.165, 1.54) is 12.8 Å². The zero-order valence-corrected chi connectivity index (χ0v) is 8.60. The third-order valence-corrected chi connectivity index (χ3v) is 1.28. The first-order chi connectivity index (χ1) is 4.83. The van der Waals surface area contributed by atoms with Gasteiger partial charge in [-0.3, -0.25) is 3.53 Å². The Morgan fingerprint density at radius 1 is 1.60 bits per heavy atom. The average molecular weight is 255 g/mol. The fourth-order valence-corrected chi connectivity index (χ4v) is 0.625. The van der Waals surface area contributed by atoms with E-state index in [0.29, 0.717) is 0 Å². The first-order valence-corrected chi connectivity index (χ1v) is 4.30. The first kappa shape index (κ1) is 12.7. The molecule has 0 aliphatic heterocycles. The van der Waals surface area contributed by atoms with E-state index in [-0.39, 0.29) is 0 Å². The molecule has 0 amide bonds. The molecular formula is C7H14INO. The maximum atomic E-state index is 7.51. The van der Waals surface area contributed by atoms with Crippen LogP contribution >= 0.6 is 22.9 Å². The van der Waals surface area contributed by atoms with Crippen LogP contribution < -0.4 is 3.53 Å². The predicted octanol–water partition coefficient (Wildman–Crippen LogP) is 2.07. The SMILES string of the molecule is CC#CO.CCCCNI. The number of aliphatic hydroxyl groups excluding tert-OH is 1. The minimum Gasteiger partial charge on any atom is -0.462 e. The largest absolute Gasteiger partial charge is 0.462 e.